The molecule has 0 radical (unpaired) electrons. The van der Waals surface area contributed by atoms with Crippen molar-refractivity contribution in [1.82, 2.24) is 4.57 Å². The van der Waals surface area contributed by atoms with Gasteiger partial charge in [0.2, 0.25) is 0 Å². The number of halogens is 2. The third-order valence-electron chi connectivity index (χ3n) is 3.38. The quantitative estimate of drug-likeness (QED) is 0.760. The lowest BCUT2D eigenvalue weighted by Gasteiger charge is -2.06. The Labute approximate surface area is 115 Å². The first-order chi connectivity index (χ1) is 9.65. The molecule has 2 aromatic carbocycles. The van der Waals surface area contributed by atoms with E-state index in [0.29, 0.717) is 12.2 Å². The summed E-state index contributed by atoms with van der Waals surface area (Å²) >= 11 is 0. The summed E-state index contributed by atoms with van der Waals surface area (Å²) in [5.74, 6) is -1.67. The van der Waals surface area contributed by atoms with Crippen molar-refractivity contribution in [3.63, 3.8) is 0 Å². The molecule has 0 saturated heterocycles. The van der Waals surface area contributed by atoms with Crippen molar-refractivity contribution in [3.05, 3.63) is 65.9 Å². The van der Waals surface area contributed by atoms with Gasteiger partial charge < -0.3 is 9.88 Å². The van der Waals surface area contributed by atoms with Crippen molar-refractivity contribution in [2.45, 2.75) is 6.54 Å². The van der Waals surface area contributed by atoms with Gasteiger partial charge >= 0.3 is 0 Å². The van der Waals surface area contributed by atoms with Crippen LogP contribution in [0.15, 0.2) is 48.7 Å². The maximum Gasteiger partial charge on any atom is 0.160 e. The van der Waals surface area contributed by atoms with E-state index in [1.807, 2.05) is 25.4 Å². The Bertz CT molecular complexity index is 762. The highest BCUT2D eigenvalue weighted by molar-refractivity contribution is 5.84. The minimum Gasteiger partial charge on any atom is -0.381 e. The number of nitrogens with zero attached hydrogens (tertiary/aromatic N) is 1. The second-order valence-electron chi connectivity index (χ2n) is 4.76. The summed E-state index contributed by atoms with van der Waals surface area (Å²) in [6.07, 6.45) is 2.04. The van der Waals surface area contributed by atoms with Crippen LogP contribution >= 0.6 is 0 Å². The van der Waals surface area contributed by atoms with Gasteiger partial charge in [-0.2, -0.15) is 0 Å². The Morgan fingerprint density at radius 2 is 1.85 bits per heavy atom. The number of aromatic nitrogens is 1. The Morgan fingerprint density at radius 1 is 1.05 bits per heavy atom. The average molecular weight is 272 g/mol. The van der Waals surface area contributed by atoms with Gasteiger partial charge in [0.1, 0.15) is 0 Å². The van der Waals surface area contributed by atoms with Gasteiger partial charge in [-0.15, -0.1) is 0 Å². The molecule has 0 bridgehead atoms. The number of hydrogen-bond donors (Lipinski definition) is 1. The molecule has 0 aliphatic rings. The van der Waals surface area contributed by atoms with E-state index in [1.54, 1.807) is 0 Å². The van der Waals surface area contributed by atoms with Crippen molar-refractivity contribution in [2.24, 2.45) is 7.05 Å². The number of nitrogens with one attached hydrogen (secondary N) is 1. The first kappa shape index (κ1) is 12.7. The molecule has 1 heterocycles. The summed E-state index contributed by atoms with van der Waals surface area (Å²) in [5.41, 5.74) is 2.83. The highest BCUT2D eigenvalue weighted by Gasteiger charge is 2.06. The predicted molar refractivity (Wildman–Crippen MR) is 76.6 cm³/mol. The first-order valence-electron chi connectivity index (χ1n) is 6.37. The Kier molecular flexibility index (Phi) is 3.14. The van der Waals surface area contributed by atoms with Crippen LogP contribution in [-0.4, -0.2) is 4.57 Å². The van der Waals surface area contributed by atoms with Crippen molar-refractivity contribution >= 4 is 16.6 Å². The molecule has 0 aliphatic heterocycles. The van der Waals surface area contributed by atoms with Gasteiger partial charge in [-0.05, 0) is 23.8 Å². The maximum atomic E-state index is 13.1. The molecule has 0 amide bonds. The van der Waals surface area contributed by atoms with Gasteiger partial charge in [-0.1, -0.05) is 18.2 Å². The van der Waals surface area contributed by atoms with Gasteiger partial charge in [0.05, 0.1) is 0 Å². The van der Waals surface area contributed by atoms with Crippen LogP contribution in [0.5, 0.6) is 0 Å². The number of aryl methyl sites for hydroxylation is 1. The monoisotopic (exact) mass is 272 g/mol. The van der Waals surface area contributed by atoms with E-state index < -0.39 is 11.6 Å². The lowest BCUT2D eigenvalue weighted by molar-refractivity contribution is 0.509. The van der Waals surface area contributed by atoms with Gasteiger partial charge in [0, 0.05) is 42.4 Å². The van der Waals surface area contributed by atoms with Crippen molar-refractivity contribution in [2.75, 3.05) is 5.32 Å². The molecule has 0 spiro atoms. The lowest BCUT2D eigenvalue weighted by atomic mass is 10.2. The molecule has 0 saturated carbocycles. The average Bonchev–Trinajstić information content (AvgIpc) is 2.78. The lowest BCUT2D eigenvalue weighted by Crippen LogP contribution is -1.99. The zero-order valence-electron chi connectivity index (χ0n) is 11.0. The van der Waals surface area contributed by atoms with E-state index in [-0.39, 0.29) is 0 Å². The standard InChI is InChI=1S/C16H14F2N2/c1-20-10-11(13-4-2-3-5-16(13)20)9-19-12-6-7-14(17)15(18)8-12/h2-8,10,19H,9H2,1H3. The Morgan fingerprint density at radius 3 is 2.65 bits per heavy atom. The highest BCUT2D eigenvalue weighted by atomic mass is 19.2. The van der Waals surface area contributed by atoms with Crippen LogP contribution in [0.25, 0.3) is 10.9 Å². The van der Waals surface area contributed by atoms with Crippen LogP contribution in [0.2, 0.25) is 0 Å². The number of rotatable bonds is 3. The van der Waals surface area contributed by atoms with E-state index >= 15 is 0 Å². The van der Waals surface area contributed by atoms with E-state index in [4.69, 9.17) is 0 Å². The fourth-order valence-corrected chi connectivity index (χ4v) is 2.37. The predicted octanol–water partition coefficient (Wildman–Crippen LogP) is 4.07. The molecule has 102 valence electrons. The summed E-state index contributed by atoms with van der Waals surface area (Å²) < 4.78 is 28.1. The molecule has 0 fully saturated rings. The van der Waals surface area contributed by atoms with Crippen LogP contribution in [-0.2, 0) is 13.6 Å². The zero-order chi connectivity index (χ0) is 14.1. The first-order valence-corrected chi connectivity index (χ1v) is 6.37. The van der Waals surface area contributed by atoms with Crippen molar-refractivity contribution in [3.8, 4) is 0 Å². The molecular weight excluding hydrogens is 258 g/mol. The molecule has 1 aromatic heterocycles. The minimum absolute atomic E-state index is 0.562. The third kappa shape index (κ3) is 2.25. The molecule has 20 heavy (non-hydrogen) atoms. The summed E-state index contributed by atoms with van der Waals surface area (Å²) in [5, 5.41) is 4.27. The van der Waals surface area contributed by atoms with Gasteiger partial charge in [-0.3, -0.25) is 0 Å². The number of benzene rings is 2. The van der Waals surface area contributed by atoms with E-state index in [9.17, 15) is 8.78 Å². The largest absolute Gasteiger partial charge is 0.381 e. The number of para-hydroxylation sites is 1. The molecule has 2 nitrogen and oxygen atoms in total. The van der Waals surface area contributed by atoms with E-state index in [2.05, 4.69) is 22.0 Å². The molecule has 0 unspecified atom stereocenters. The number of anilines is 1. The molecule has 3 aromatic rings. The molecule has 1 N–H and O–H groups in total. The SMILES string of the molecule is Cn1cc(CNc2ccc(F)c(F)c2)c2ccccc21. The fourth-order valence-electron chi connectivity index (χ4n) is 2.37. The highest BCUT2D eigenvalue weighted by Crippen LogP contribution is 2.21. The molecule has 0 atom stereocenters. The van der Waals surface area contributed by atoms with Crippen molar-refractivity contribution < 1.29 is 8.78 Å². The number of hydrogen-bond acceptors (Lipinski definition) is 1. The van der Waals surface area contributed by atoms with E-state index in [1.165, 1.54) is 12.1 Å². The fraction of sp³-hybridized carbons (Fsp3) is 0.125. The molecule has 4 heteroatoms. The molecular formula is C16H14F2N2. The molecule has 0 aliphatic carbocycles. The second kappa shape index (κ2) is 4.96. The van der Waals surface area contributed by atoms with Crippen LogP contribution in [0.1, 0.15) is 5.56 Å². The zero-order valence-corrected chi connectivity index (χ0v) is 11.0. The third-order valence-corrected chi connectivity index (χ3v) is 3.38. The summed E-state index contributed by atoms with van der Waals surface area (Å²) in [4.78, 5) is 0. The van der Waals surface area contributed by atoms with Crippen LogP contribution < -0.4 is 5.32 Å². The van der Waals surface area contributed by atoms with Crippen molar-refractivity contribution in [1.29, 1.82) is 0 Å². The summed E-state index contributed by atoms with van der Waals surface area (Å²) in [7, 11) is 1.99. The molecule has 3 rings (SSSR count). The number of fused-ring (bicyclic) bond motifs is 1. The second-order valence-corrected chi connectivity index (χ2v) is 4.76. The smallest absolute Gasteiger partial charge is 0.160 e. The topological polar surface area (TPSA) is 17.0 Å². The van der Waals surface area contributed by atoms with E-state index in [0.717, 1.165) is 22.5 Å². The minimum atomic E-state index is -0.840. The van der Waals surface area contributed by atoms with Crippen LogP contribution in [0, 0.1) is 11.6 Å². The van der Waals surface area contributed by atoms with Gasteiger partial charge in [0.25, 0.3) is 0 Å². The summed E-state index contributed by atoms with van der Waals surface area (Å²) in [6, 6.07) is 11.9. The normalized spacial score (nSPS) is 10.9. The van der Waals surface area contributed by atoms with Crippen LogP contribution in [0.3, 0.4) is 0 Å². The van der Waals surface area contributed by atoms with Crippen LogP contribution in [0.4, 0.5) is 14.5 Å². The Balaban J connectivity index is 1.85. The maximum absolute atomic E-state index is 13.1. The van der Waals surface area contributed by atoms with Gasteiger partial charge in [0.15, 0.2) is 11.6 Å². The summed E-state index contributed by atoms with van der Waals surface area (Å²) in [6.45, 7) is 0.562. The Hall–Kier alpha value is -2.36. The van der Waals surface area contributed by atoms with Gasteiger partial charge in [-0.25, -0.2) is 8.78 Å².